The first-order chi connectivity index (χ1) is 15.4. The van der Waals surface area contributed by atoms with E-state index >= 15 is 0 Å². The summed E-state index contributed by atoms with van der Waals surface area (Å²) < 4.78 is 7.93. The highest BCUT2D eigenvalue weighted by atomic mass is 16.6. The Balaban J connectivity index is 1.13. The normalized spacial score (nSPS) is 24.4. The zero-order valence-corrected chi connectivity index (χ0v) is 19.6. The Morgan fingerprint density at radius 2 is 1.81 bits per heavy atom. The molecule has 2 fully saturated rings. The van der Waals surface area contributed by atoms with Gasteiger partial charge in [-0.05, 0) is 65.7 Å². The van der Waals surface area contributed by atoms with E-state index in [-0.39, 0.29) is 6.09 Å². The minimum absolute atomic E-state index is 0.180. The van der Waals surface area contributed by atoms with Crippen LogP contribution in [0.5, 0.6) is 0 Å². The highest BCUT2D eigenvalue weighted by Crippen LogP contribution is 2.35. The third-order valence-electron chi connectivity index (χ3n) is 7.09. The van der Waals surface area contributed by atoms with Crippen LogP contribution in [-0.4, -0.2) is 62.8 Å². The predicted octanol–water partition coefficient (Wildman–Crippen LogP) is 3.87. The largest absolute Gasteiger partial charge is 0.444 e. The number of anilines is 1. The van der Waals surface area contributed by atoms with Crippen LogP contribution in [0, 0.1) is 0 Å². The van der Waals surface area contributed by atoms with E-state index in [0.29, 0.717) is 18.1 Å². The minimum Gasteiger partial charge on any atom is -0.444 e. The van der Waals surface area contributed by atoms with Crippen molar-refractivity contribution in [2.75, 3.05) is 25.0 Å². The van der Waals surface area contributed by atoms with Crippen LogP contribution >= 0.6 is 0 Å². The van der Waals surface area contributed by atoms with Gasteiger partial charge in [0.05, 0.1) is 18.0 Å². The van der Waals surface area contributed by atoms with Crippen LogP contribution in [0.15, 0.2) is 12.5 Å². The molecule has 4 heterocycles. The number of hydrogen-bond donors (Lipinski definition) is 2. The number of fused-ring (bicyclic) bond motifs is 3. The third kappa shape index (κ3) is 4.42. The number of carbonyl (C=O) groups is 1. The van der Waals surface area contributed by atoms with E-state index in [1.165, 1.54) is 36.8 Å². The number of likely N-dealkylation sites (tertiary alicyclic amines) is 1. The smallest absolute Gasteiger partial charge is 0.410 e. The van der Waals surface area contributed by atoms with Gasteiger partial charge in [0.2, 0.25) is 0 Å². The molecule has 0 aromatic carbocycles. The number of nitrogens with zero attached hydrogens (tertiary/aromatic N) is 4. The van der Waals surface area contributed by atoms with Gasteiger partial charge in [-0.15, -0.1) is 0 Å². The summed E-state index contributed by atoms with van der Waals surface area (Å²) in [5, 5.41) is 7.28. The van der Waals surface area contributed by atoms with Gasteiger partial charge in [0.25, 0.3) is 0 Å². The molecule has 1 aliphatic carbocycles. The highest BCUT2D eigenvalue weighted by molar-refractivity contribution is 5.83. The molecule has 2 N–H and O–H groups in total. The number of hydrogen-bond acceptors (Lipinski definition) is 6. The summed E-state index contributed by atoms with van der Waals surface area (Å²) in [5.74, 6) is 1.03. The van der Waals surface area contributed by atoms with Crippen LogP contribution in [0.25, 0.3) is 11.0 Å². The van der Waals surface area contributed by atoms with Gasteiger partial charge < -0.3 is 24.8 Å². The van der Waals surface area contributed by atoms with Crippen LogP contribution < -0.4 is 10.6 Å². The van der Waals surface area contributed by atoms with Crippen molar-refractivity contribution in [1.82, 2.24) is 24.8 Å². The lowest BCUT2D eigenvalue weighted by Crippen LogP contribution is -2.49. The van der Waals surface area contributed by atoms with Crippen molar-refractivity contribution in [3.05, 3.63) is 18.1 Å². The molecule has 0 unspecified atom stereocenters. The number of ether oxygens (including phenoxy) is 1. The average Bonchev–Trinajstić information content (AvgIpc) is 3.40. The van der Waals surface area contributed by atoms with Crippen molar-refractivity contribution in [2.45, 2.75) is 89.4 Å². The molecule has 1 saturated carbocycles. The Labute approximate surface area is 190 Å². The summed E-state index contributed by atoms with van der Waals surface area (Å²) in [6.45, 7) is 8.28. The third-order valence-corrected chi connectivity index (χ3v) is 7.09. The predicted molar refractivity (Wildman–Crippen MR) is 125 cm³/mol. The first-order valence-electron chi connectivity index (χ1n) is 12.2. The maximum Gasteiger partial charge on any atom is 0.410 e. The number of nitrogens with one attached hydrogen (secondary N) is 2. The van der Waals surface area contributed by atoms with Crippen LogP contribution in [0.4, 0.5) is 10.6 Å². The van der Waals surface area contributed by atoms with E-state index in [1.807, 2.05) is 38.2 Å². The number of rotatable bonds is 3. The molecule has 2 aromatic rings. The van der Waals surface area contributed by atoms with Crippen molar-refractivity contribution >= 4 is 22.9 Å². The van der Waals surface area contributed by atoms with Gasteiger partial charge >= 0.3 is 6.09 Å². The average molecular weight is 441 g/mol. The Hall–Kier alpha value is -2.35. The van der Waals surface area contributed by atoms with E-state index in [4.69, 9.17) is 4.74 Å². The molecule has 1 saturated heterocycles. The molecule has 8 heteroatoms. The summed E-state index contributed by atoms with van der Waals surface area (Å²) in [4.78, 5) is 23.3. The van der Waals surface area contributed by atoms with Crippen molar-refractivity contribution in [3.8, 4) is 0 Å². The van der Waals surface area contributed by atoms with Gasteiger partial charge in [-0.25, -0.2) is 14.8 Å². The number of imidazole rings is 1. The fourth-order valence-corrected chi connectivity index (χ4v) is 5.48. The number of piperidine rings is 1. The molecule has 174 valence electrons. The molecule has 32 heavy (non-hydrogen) atoms. The Bertz CT molecular complexity index is 965. The summed E-state index contributed by atoms with van der Waals surface area (Å²) in [5.41, 5.74) is 3.20. The first kappa shape index (κ1) is 21.5. The maximum atomic E-state index is 12.3. The van der Waals surface area contributed by atoms with E-state index in [9.17, 15) is 4.79 Å². The molecule has 0 radical (unpaired) electrons. The van der Waals surface area contributed by atoms with Gasteiger partial charge in [-0.3, -0.25) is 0 Å². The summed E-state index contributed by atoms with van der Waals surface area (Å²) in [6, 6.07) is 1.57. The summed E-state index contributed by atoms with van der Waals surface area (Å²) in [7, 11) is 0. The fourth-order valence-electron chi connectivity index (χ4n) is 5.48. The molecule has 1 amide bonds. The number of amides is 1. The Kier molecular flexibility index (Phi) is 5.73. The quantitative estimate of drug-likeness (QED) is 0.754. The molecule has 5 rings (SSSR count). The molecule has 0 bridgehead atoms. The molecule has 0 atom stereocenters. The number of carbonyl (C=O) groups excluding carboxylic acids is 1. The number of aromatic nitrogens is 3. The molecule has 8 nitrogen and oxygen atoms in total. The van der Waals surface area contributed by atoms with Crippen LogP contribution in [0.1, 0.15) is 70.9 Å². The number of pyridine rings is 1. The standard InChI is InChI=1S/C24H36N6O2/c1-24(2,3)32-23(31)29-12-9-17(10-13-29)28-16-4-6-18(7-5-16)30-15-27-20-14-26-22-19(21(20)30)8-11-25-22/h14-18,28H,4-13H2,1-3H3,(H,25,26)/t16-,18-. The summed E-state index contributed by atoms with van der Waals surface area (Å²) >= 11 is 0. The lowest BCUT2D eigenvalue weighted by atomic mass is 9.89. The van der Waals surface area contributed by atoms with Gasteiger partial charge in [0.1, 0.15) is 16.9 Å². The van der Waals surface area contributed by atoms with Crippen molar-refractivity contribution in [1.29, 1.82) is 0 Å². The van der Waals surface area contributed by atoms with Crippen molar-refractivity contribution in [3.63, 3.8) is 0 Å². The Morgan fingerprint density at radius 1 is 1.09 bits per heavy atom. The van der Waals surface area contributed by atoms with E-state index in [1.54, 1.807) is 0 Å². The molecular formula is C24H36N6O2. The monoisotopic (exact) mass is 440 g/mol. The van der Waals surface area contributed by atoms with Gasteiger partial charge in [-0.1, -0.05) is 0 Å². The van der Waals surface area contributed by atoms with Crippen LogP contribution in [0.3, 0.4) is 0 Å². The zero-order valence-electron chi connectivity index (χ0n) is 19.6. The van der Waals surface area contributed by atoms with Crippen LogP contribution in [0.2, 0.25) is 0 Å². The lowest BCUT2D eigenvalue weighted by molar-refractivity contribution is 0.0194. The van der Waals surface area contributed by atoms with Gasteiger partial charge in [0.15, 0.2) is 0 Å². The van der Waals surface area contributed by atoms with E-state index in [2.05, 4.69) is 25.2 Å². The maximum absolute atomic E-state index is 12.3. The molecule has 2 aliphatic heterocycles. The summed E-state index contributed by atoms with van der Waals surface area (Å²) in [6.07, 6.45) is 11.5. The van der Waals surface area contributed by atoms with Gasteiger partial charge in [0, 0.05) is 43.3 Å². The van der Waals surface area contributed by atoms with Crippen LogP contribution in [-0.2, 0) is 11.2 Å². The zero-order chi connectivity index (χ0) is 22.3. The van der Waals surface area contributed by atoms with Crippen molar-refractivity contribution < 1.29 is 9.53 Å². The fraction of sp³-hybridized carbons (Fsp3) is 0.708. The second-order valence-electron chi connectivity index (χ2n) is 10.6. The molecule has 0 spiro atoms. The second-order valence-corrected chi connectivity index (χ2v) is 10.6. The van der Waals surface area contributed by atoms with E-state index < -0.39 is 5.60 Å². The Morgan fingerprint density at radius 3 is 2.53 bits per heavy atom. The highest BCUT2D eigenvalue weighted by Gasteiger charge is 2.30. The van der Waals surface area contributed by atoms with E-state index in [0.717, 1.165) is 50.2 Å². The van der Waals surface area contributed by atoms with Crippen molar-refractivity contribution in [2.24, 2.45) is 0 Å². The molecule has 2 aromatic heterocycles. The molecular weight excluding hydrogens is 404 g/mol. The van der Waals surface area contributed by atoms with Gasteiger partial charge in [-0.2, -0.15) is 0 Å². The SMILES string of the molecule is CC(C)(C)OC(=O)N1CCC(N[C@H]2CC[C@H](n3cnc4cnc5c(c43)CCN5)CC2)CC1. The first-order valence-corrected chi connectivity index (χ1v) is 12.2. The lowest BCUT2D eigenvalue weighted by Gasteiger charge is -2.37. The molecule has 3 aliphatic rings. The topological polar surface area (TPSA) is 84.3 Å². The second kappa shape index (κ2) is 8.54. The minimum atomic E-state index is -0.432.